The number of anilines is 1. The van der Waals surface area contributed by atoms with E-state index in [1.165, 1.54) is 0 Å². The summed E-state index contributed by atoms with van der Waals surface area (Å²) in [5.41, 5.74) is 4.61. The average molecular weight is 309 g/mol. The first-order valence-corrected chi connectivity index (χ1v) is 7.45. The van der Waals surface area contributed by atoms with Crippen molar-refractivity contribution in [2.24, 2.45) is 0 Å². The van der Waals surface area contributed by atoms with Gasteiger partial charge in [0.15, 0.2) is 0 Å². The maximum atomic E-state index is 12.2. The molecule has 3 aromatic rings. The van der Waals surface area contributed by atoms with Gasteiger partial charge in [0.2, 0.25) is 5.91 Å². The summed E-state index contributed by atoms with van der Waals surface area (Å²) in [6, 6.07) is 11.3. The molecule has 3 rings (SSSR count). The van der Waals surface area contributed by atoms with Gasteiger partial charge in [0, 0.05) is 11.9 Å². The molecule has 0 saturated carbocycles. The molecule has 0 aliphatic carbocycles. The highest BCUT2D eigenvalue weighted by atomic mass is 16.5. The zero-order valence-electron chi connectivity index (χ0n) is 13.5. The van der Waals surface area contributed by atoms with Gasteiger partial charge >= 0.3 is 0 Å². The van der Waals surface area contributed by atoms with Gasteiger partial charge in [-0.25, -0.2) is 4.98 Å². The first-order valence-electron chi connectivity index (χ1n) is 7.45. The summed E-state index contributed by atoms with van der Waals surface area (Å²) in [5, 5.41) is 2.93. The molecule has 1 N–H and O–H groups in total. The topological polar surface area (TPSA) is 55.6 Å². The lowest BCUT2D eigenvalue weighted by Crippen LogP contribution is -2.14. The Balaban J connectivity index is 1.75. The lowest BCUT2D eigenvalue weighted by molar-refractivity contribution is -0.115. The van der Waals surface area contributed by atoms with Gasteiger partial charge in [-0.1, -0.05) is 12.1 Å². The fourth-order valence-electron chi connectivity index (χ4n) is 2.53. The minimum atomic E-state index is -0.0629. The van der Waals surface area contributed by atoms with Crippen LogP contribution in [0.5, 0.6) is 5.75 Å². The Morgan fingerprint density at radius 2 is 2.09 bits per heavy atom. The number of hydrogen-bond donors (Lipinski definition) is 1. The SMILES string of the molecule is COc1cccc(CC(=O)Nc2ccc3nc(C)c(C)n3c2)c1. The van der Waals surface area contributed by atoms with E-state index in [0.717, 1.165) is 34.0 Å². The van der Waals surface area contributed by atoms with Crippen LogP contribution >= 0.6 is 0 Å². The lowest BCUT2D eigenvalue weighted by atomic mass is 10.1. The highest BCUT2D eigenvalue weighted by Gasteiger charge is 2.08. The van der Waals surface area contributed by atoms with E-state index in [-0.39, 0.29) is 5.91 Å². The van der Waals surface area contributed by atoms with Gasteiger partial charge in [0.05, 0.1) is 24.9 Å². The summed E-state index contributed by atoms with van der Waals surface area (Å²) >= 11 is 0. The second-order valence-electron chi connectivity index (χ2n) is 5.51. The van der Waals surface area contributed by atoms with Gasteiger partial charge in [-0.2, -0.15) is 0 Å². The largest absolute Gasteiger partial charge is 0.497 e. The molecule has 0 bridgehead atoms. The third-order valence-corrected chi connectivity index (χ3v) is 3.88. The monoisotopic (exact) mass is 309 g/mol. The van der Waals surface area contributed by atoms with Crippen LogP contribution < -0.4 is 10.1 Å². The van der Waals surface area contributed by atoms with Crippen molar-refractivity contribution in [2.75, 3.05) is 12.4 Å². The molecular formula is C18H19N3O2. The Morgan fingerprint density at radius 3 is 2.87 bits per heavy atom. The number of benzene rings is 1. The van der Waals surface area contributed by atoms with Crippen LogP contribution in [0.1, 0.15) is 17.0 Å². The van der Waals surface area contributed by atoms with Crippen LogP contribution in [-0.2, 0) is 11.2 Å². The van der Waals surface area contributed by atoms with Gasteiger partial charge in [0.1, 0.15) is 11.4 Å². The lowest BCUT2D eigenvalue weighted by Gasteiger charge is -2.07. The van der Waals surface area contributed by atoms with Gasteiger partial charge in [-0.05, 0) is 43.7 Å². The number of imidazole rings is 1. The quantitative estimate of drug-likeness (QED) is 0.805. The fraction of sp³-hybridized carbons (Fsp3) is 0.222. The van der Waals surface area contributed by atoms with Gasteiger partial charge < -0.3 is 14.5 Å². The smallest absolute Gasteiger partial charge is 0.228 e. The Labute approximate surface area is 134 Å². The summed E-state index contributed by atoms with van der Waals surface area (Å²) in [7, 11) is 1.61. The minimum Gasteiger partial charge on any atom is -0.497 e. The van der Waals surface area contributed by atoms with Crippen LogP contribution in [0.3, 0.4) is 0 Å². The van der Waals surface area contributed by atoms with Crippen molar-refractivity contribution in [1.82, 2.24) is 9.38 Å². The van der Waals surface area contributed by atoms with Gasteiger partial charge in [0.25, 0.3) is 0 Å². The number of nitrogens with one attached hydrogen (secondary N) is 1. The molecule has 1 amide bonds. The standard InChI is InChI=1S/C18H19N3O2/c1-12-13(2)21-11-15(7-8-17(21)19-12)20-18(22)10-14-5-4-6-16(9-14)23-3/h4-9,11H,10H2,1-3H3,(H,20,22). The number of fused-ring (bicyclic) bond motifs is 1. The predicted octanol–water partition coefficient (Wildman–Crippen LogP) is 3.14. The van der Waals surface area contributed by atoms with E-state index in [0.29, 0.717) is 6.42 Å². The second kappa shape index (κ2) is 6.12. The molecule has 2 aromatic heterocycles. The minimum absolute atomic E-state index is 0.0629. The van der Waals surface area contributed by atoms with Crippen LogP contribution in [0.15, 0.2) is 42.6 Å². The molecule has 0 spiro atoms. The van der Waals surface area contributed by atoms with E-state index in [2.05, 4.69) is 10.3 Å². The van der Waals surface area contributed by atoms with Crippen molar-refractivity contribution in [3.8, 4) is 5.75 Å². The number of rotatable bonds is 4. The average Bonchev–Trinajstić information content (AvgIpc) is 2.82. The molecule has 2 heterocycles. The maximum Gasteiger partial charge on any atom is 0.228 e. The number of methoxy groups -OCH3 is 1. The number of carbonyl (C=O) groups excluding carboxylic acids is 1. The zero-order chi connectivity index (χ0) is 16.4. The molecule has 5 nitrogen and oxygen atoms in total. The highest BCUT2D eigenvalue weighted by Crippen LogP contribution is 2.17. The third-order valence-electron chi connectivity index (χ3n) is 3.88. The van der Waals surface area contributed by atoms with Crippen molar-refractivity contribution in [3.63, 3.8) is 0 Å². The van der Waals surface area contributed by atoms with E-state index < -0.39 is 0 Å². The molecule has 23 heavy (non-hydrogen) atoms. The molecule has 5 heteroatoms. The first-order chi connectivity index (χ1) is 11.1. The number of aromatic nitrogens is 2. The van der Waals surface area contributed by atoms with E-state index in [1.807, 2.05) is 60.8 Å². The van der Waals surface area contributed by atoms with Crippen LogP contribution in [0.4, 0.5) is 5.69 Å². The molecule has 0 atom stereocenters. The number of carbonyl (C=O) groups is 1. The number of amides is 1. The number of ether oxygens (including phenoxy) is 1. The number of nitrogens with zero attached hydrogens (tertiary/aromatic N) is 2. The molecule has 1 aromatic carbocycles. The molecule has 118 valence electrons. The van der Waals surface area contributed by atoms with Gasteiger partial charge in [-0.3, -0.25) is 4.79 Å². The van der Waals surface area contributed by atoms with Crippen molar-refractivity contribution in [3.05, 3.63) is 59.5 Å². The normalized spacial score (nSPS) is 10.7. The second-order valence-corrected chi connectivity index (χ2v) is 5.51. The summed E-state index contributed by atoms with van der Waals surface area (Å²) in [6.07, 6.45) is 2.20. The molecule has 0 radical (unpaired) electrons. The summed E-state index contributed by atoms with van der Waals surface area (Å²) in [4.78, 5) is 16.7. The van der Waals surface area contributed by atoms with Crippen LogP contribution in [0.2, 0.25) is 0 Å². The number of aryl methyl sites for hydroxylation is 2. The van der Waals surface area contributed by atoms with E-state index in [4.69, 9.17) is 4.74 Å². The van der Waals surface area contributed by atoms with Crippen molar-refractivity contribution < 1.29 is 9.53 Å². The number of pyridine rings is 1. The first kappa shape index (κ1) is 15.1. The fourth-order valence-corrected chi connectivity index (χ4v) is 2.53. The summed E-state index contributed by atoms with van der Waals surface area (Å²) in [5.74, 6) is 0.688. The molecular weight excluding hydrogens is 290 g/mol. The van der Waals surface area contributed by atoms with Crippen molar-refractivity contribution in [1.29, 1.82) is 0 Å². The molecule has 0 fully saturated rings. The third kappa shape index (κ3) is 3.18. The maximum absolute atomic E-state index is 12.2. The Bertz CT molecular complexity index is 868. The summed E-state index contributed by atoms with van der Waals surface area (Å²) in [6.45, 7) is 3.99. The number of hydrogen-bond acceptors (Lipinski definition) is 3. The van der Waals surface area contributed by atoms with E-state index in [9.17, 15) is 4.79 Å². The Morgan fingerprint density at radius 1 is 1.26 bits per heavy atom. The molecule has 0 unspecified atom stereocenters. The van der Waals surface area contributed by atoms with Crippen LogP contribution in [0.25, 0.3) is 5.65 Å². The van der Waals surface area contributed by atoms with Gasteiger partial charge in [-0.15, -0.1) is 0 Å². The Kier molecular flexibility index (Phi) is 4.02. The molecule has 0 aliphatic rings. The Hall–Kier alpha value is -2.82. The summed E-state index contributed by atoms with van der Waals surface area (Å²) < 4.78 is 7.16. The zero-order valence-corrected chi connectivity index (χ0v) is 13.5. The van der Waals surface area contributed by atoms with Crippen LogP contribution in [0, 0.1) is 13.8 Å². The van der Waals surface area contributed by atoms with Crippen molar-refractivity contribution >= 4 is 17.2 Å². The van der Waals surface area contributed by atoms with E-state index in [1.54, 1.807) is 7.11 Å². The highest BCUT2D eigenvalue weighted by molar-refractivity contribution is 5.92. The molecule has 0 saturated heterocycles. The molecule has 0 aliphatic heterocycles. The van der Waals surface area contributed by atoms with Crippen LogP contribution in [-0.4, -0.2) is 22.4 Å². The van der Waals surface area contributed by atoms with E-state index >= 15 is 0 Å². The van der Waals surface area contributed by atoms with Crippen molar-refractivity contribution in [2.45, 2.75) is 20.3 Å². The predicted molar refractivity (Wildman–Crippen MR) is 90.0 cm³/mol.